The van der Waals surface area contributed by atoms with Crippen molar-refractivity contribution in [2.45, 2.75) is 26.7 Å². The number of hydrogen-bond acceptors (Lipinski definition) is 3. The van der Waals surface area contributed by atoms with Crippen LogP contribution in [0.25, 0.3) is 0 Å². The predicted octanol–water partition coefficient (Wildman–Crippen LogP) is 3.90. The van der Waals surface area contributed by atoms with Gasteiger partial charge in [-0.2, -0.15) is 0 Å². The zero-order chi connectivity index (χ0) is 16.5. The molecule has 0 unspecified atom stereocenters. The lowest BCUT2D eigenvalue weighted by molar-refractivity contribution is -0.120. The second-order valence-electron chi connectivity index (χ2n) is 5.27. The van der Waals surface area contributed by atoms with Crippen molar-refractivity contribution in [2.24, 2.45) is 0 Å². The summed E-state index contributed by atoms with van der Waals surface area (Å²) in [6, 6.07) is 15.7. The molecule has 0 aliphatic heterocycles. The smallest absolute Gasteiger partial charge is 0.224 e. The van der Waals surface area contributed by atoms with Crippen LogP contribution < -0.4 is 15.4 Å². The Morgan fingerprint density at radius 2 is 1.78 bits per heavy atom. The first-order chi connectivity index (χ1) is 11.2. The van der Waals surface area contributed by atoms with E-state index >= 15 is 0 Å². The van der Waals surface area contributed by atoms with E-state index in [1.54, 1.807) is 0 Å². The molecule has 0 radical (unpaired) electrons. The molecule has 2 aromatic carbocycles. The third-order valence-electron chi connectivity index (χ3n) is 3.38. The van der Waals surface area contributed by atoms with Gasteiger partial charge in [0.1, 0.15) is 5.75 Å². The quantitative estimate of drug-likeness (QED) is 0.777. The molecule has 0 heterocycles. The Labute approximate surface area is 137 Å². The molecule has 0 spiro atoms. The summed E-state index contributed by atoms with van der Waals surface area (Å²) in [6.45, 7) is 5.38. The number of carbonyl (C=O) groups is 1. The fraction of sp³-hybridized carbons (Fsp3) is 0.316. The molecule has 0 aromatic heterocycles. The molecule has 4 heteroatoms. The maximum atomic E-state index is 11.9. The Morgan fingerprint density at radius 3 is 2.48 bits per heavy atom. The second kappa shape index (κ2) is 8.83. The number of para-hydroxylation sites is 1. The third kappa shape index (κ3) is 5.33. The summed E-state index contributed by atoms with van der Waals surface area (Å²) in [5.74, 6) is 0.901. The van der Waals surface area contributed by atoms with Gasteiger partial charge in [0.2, 0.25) is 5.91 Å². The zero-order valence-corrected chi connectivity index (χ0v) is 13.8. The molecule has 0 saturated carbocycles. The average molecular weight is 312 g/mol. The minimum Gasteiger partial charge on any atom is -0.494 e. The first-order valence-electron chi connectivity index (χ1n) is 8.07. The zero-order valence-electron chi connectivity index (χ0n) is 13.8. The van der Waals surface area contributed by atoms with Crippen molar-refractivity contribution in [2.75, 3.05) is 18.5 Å². The van der Waals surface area contributed by atoms with Gasteiger partial charge in [-0.3, -0.25) is 4.79 Å². The monoisotopic (exact) mass is 312 g/mol. The molecule has 2 rings (SSSR count). The summed E-state index contributed by atoms with van der Waals surface area (Å²) >= 11 is 0. The lowest BCUT2D eigenvalue weighted by Crippen LogP contribution is -2.25. The van der Waals surface area contributed by atoms with Crippen LogP contribution in [0.1, 0.15) is 25.8 Å². The van der Waals surface area contributed by atoms with E-state index in [9.17, 15) is 4.79 Å². The molecule has 4 nitrogen and oxygen atoms in total. The largest absolute Gasteiger partial charge is 0.494 e. The SMILES string of the molecule is CCCNC(=O)Cc1ccccc1Nc1ccc(OCC)cc1. The molecule has 0 atom stereocenters. The number of benzene rings is 2. The van der Waals surface area contributed by atoms with Crippen LogP contribution in [0.5, 0.6) is 5.75 Å². The van der Waals surface area contributed by atoms with E-state index in [-0.39, 0.29) is 5.91 Å². The Balaban J connectivity index is 2.06. The molecular weight excluding hydrogens is 288 g/mol. The summed E-state index contributed by atoms with van der Waals surface area (Å²) in [7, 11) is 0. The van der Waals surface area contributed by atoms with Gasteiger partial charge in [0.15, 0.2) is 0 Å². The molecular formula is C19H24N2O2. The maximum absolute atomic E-state index is 11.9. The number of carbonyl (C=O) groups excluding carboxylic acids is 1. The lowest BCUT2D eigenvalue weighted by atomic mass is 10.1. The Bertz CT molecular complexity index is 624. The highest BCUT2D eigenvalue weighted by molar-refractivity contribution is 5.81. The first kappa shape index (κ1) is 16.9. The van der Waals surface area contributed by atoms with Crippen LogP contribution >= 0.6 is 0 Å². The lowest BCUT2D eigenvalue weighted by Gasteiger charge is -2.13. The van der Waals surface area contributed by atoms with E-state index in [0.29, 0.717) is 19.6 Å². The number of anilines is 2. The summed E-state index contributed by atoms with van der Waals surface area (Å²) < 4.78 is 5.44. The maximum Gasteiger partial charge on any atom is 0.224 e. The second-order valence-corrected chi connectivity index (χ2v) is 5.27. The van der Waals surface area contributed by atoms with E-state index in [2.05, 4.69) is 10.6 Å². The van der Waals surface area contributed by atoms with Crippen molar-refractivity contribution in [1.82, 2.24) is 5.32 Å². The van der Waals surface area contributed by atoms with Gasteiger partial charge in [-0.05, 0) is 49.2 Å². The minimum atomic E-state index is 0.0489. The van der Waals surface area contributed by atoms with Crippen molar-refractivity contribution in [3.8, 4) is 5.75 Å². The summed E-state index contributed by atoms with van der Waals surface area (Å²) in [5, 5.41) is 6.28. The highest BCUT2D eigenvalue weighted by Gasteiger charge is 2.07. The van der Waals surface area contributed by atoms with Crippen molar-refractivity contribution in [3.63, 3.8) is 0 Å². The molecule has 0 aliphatic rings. The number of ether oxygens (including phenoxy) is 1. The van der Waals surface area contributed by atoms with Crippen molar-refractivity contribution in [1.29, 1.82) is 0 Å². The summed E-state index contributed by atoms with van der Waals surface area (Å²) in [6.07, 6.45) is 1.32. The molecule has 0 bridgehead atoms. The minimum absolute atomic E-state index is 0.0489. The van der Waals surface area contributed by atoms with Crippen LogP contribution in [0, 0.1) is 0 Å². The van der Waals surface area contributed by atoms with Crippen LogP contribution in [-0.4, -0.2) is 19.1 Å². The highest BCUT2D eigenvalue weighted by Crippen LogP contribution is 2.23. The first-order valence-corrected chi connectivity index (χ1v) is 8.07. The Hall–Kier alpha value is -2.49. The van der Waals surface area contributed by atoms with Gasteiger partial charge in [-0.15, -0.1) is 0 Å². The van der Waals surface area contributed by atoms with Crippen LogP contribution in [0.2, 0.25) is 0 Å². The molecule has 1 amide bonds. The van der Waals surface area contributed by atoms with E-state index in [4.69, 9.17) is 4.74 Å². The Kier molecular flexibility index (Phi) is 6.48. The van der Waals surface area contributed by atoms with Gasteiger partial charge in [0.25, 0.3) is 0 Å². The average Bonchev–Trinajstić information content (AvgIpc) is 2.57. The van der Waals surface area contributed by atoms with Gasteiger partial charge in [0.05, 0.1) is 13.0 Å². The van der Waals surface area contributed by atoms with E-state index < -0.39 is 0 Å². The molecule has 2 N–H and O–H groups in total. The predicted molar refractivity (Wildman–Crippen MR) is 94.3 cm³/mol. The number of hydrogen-bond donors (Lipinski definition) is 2. The van der Waals surface area contributed by atoms with Gasteiger partial charge in [0, 0.05) is 17.9 Å². The van der Waals surface area contributed by atoms with Crippen molar-refractivity contribution in [3.05, 3.63) is 54.1 Å². The topological polar surface area (TPSA) is 50.4 Å². The van der Waals surface area contributed by atoms with Crippen LogP contribution in [0.3, 0.4) is 0 Å². The van der Waals surface area contributed by atoms with Gasteiger partial charge >= 0.3 is 0 Å². The van der Waals surface area contributed by atoms with Crippen molar-refractivity contribution < 1.29 is 9.53 Å². The van der Waals surface area contributed by atoms with Crippen LogP contribution in [-0.2, 0) is 11.2 Å². The number of rotatable bonds is 8. The number of amides is 1. The Morgan fingerprint density at radius 1 is 1.04 bits per heavy atom. The van der Waals surface area contributed by atoms with Gasteiger partial charge in [-0.1, -0.05) is 25.1 Å². The molecule has 0 fully saturated rings. The van der Waals surface area contributed by atoms with Gasteiger partial charge in [-0.25, -0.2) is 0 Å². The van der Waals surface area contributed by atoms with E-state index in [1.807, 2.05) is 62.4 Å². The molecule has 2 aromatic rings. The molecule has 23 heavy (non-hydrogen) atoms. The van der Waals surface area contributed by atoms with E-state index in [1.165, 1.54) is 0 Å². The molecule has 0 saturated heterocycles. The molecule has 122 valence electrons. The third-order valence-corrected chi connectivity index (χ3v) is 3.38. The van der Waals surface area contributed by atoms with E-state index in [0.717, 1.165) is 29.1 Å². The van der Waals surface area contributed by atoms with Crippen LogP contribution in [0.4, 0.5) is 11.4 Å². The molecule has 0 aliphatic carbocycles. The van der Waals surface area contributed by atoms with Crippen molar-refractivity contribution >= 4 is 17.3 Å². The standard InChI is InChI=1S/C19H24N2O2/c1-3-13-20-19(22)14-15-7-5-6-8-18(15)21-16-9-11-17(12-10-16)23-4-2/h5-12,21H,3-4,13-14H2,1-2H3,(H,20,22). The fourth-order valence-corrected chi connectivity index (χ4v) is 2.25. The normalized spacial score (nSPS) is 10.2. The van der Waals surface area contributed by atoms with Crippen LogP contribution in [0.15, 0.2) is 48.5 Å². The summed E-state index contributed by atoms with van der Waals surface area (Å²) in [4.78, 5) is 11.9. The summed E-state index contributed by atoms with van der Waals surface area (Å²) in [5.41, 5.74) is 2.90. The highest BCUT2D eigenvalue weighted by atomic mass is 16.5. The fourth-order valence-electron chi connectivity index (χ4n) is 2.25. The van der Waals surface area contributed by atoms with Gasteiger partial charge < -0.3 is 15.4 Å². The number of nitrogens with one attached hydrogen (secondary N) is 2.